The lowest BCUT2D eigenvalue weighted by Gasteiger charge is -2.16. The van der Waals surface area contributed by atoms with Gasteiger partial charge in [-0.3, -0.25) is 4.79 Å². The third-order valence-corrected chi connectivity index (χ3v) is 8.52. The molecule has 0 bridgehead atoms. The van der Waals surface area contributed by atoms with E-state index in [4.69, 9.17) is 4.42 Å². The number of aromatic nitrogens is 4. The van der Waals surface area contributed by atoms with Crippen LogP contribution < -0.4 is 5.56 Å². The van der Waals surface area contributed by atoms with E-state index in [2.05, 4.69) is 33.2 Å². The standard InChI is InChI=1S/C20H20N4O2S3/c1-9-4-5-13-12(6-9)7-14(29-13)18-23-24-20(26-18)27-8-15-21-17(25)16-10(2)11(3)28-19(16)22-15/h7,9H,4-6,8H2,1-3H3,(H,21,22,25). The number of nitrogens with one attached hydrogen (secondary N) is 1. The highest BCUT2D eigenvalue weighted by atomic mass is 32.2. The summed E-state index contributed by atoms with van der Waals surface area (Å²) in [5.41, 5.74) is 2.34. The smallest absolute Gasteiger partial charge is 0.277 e. The van der Waals surface area contributed by atoms with E-state index < -0.39 is 0 Å². The van der Waals surface area contributed by atoms with Crippen molar-refractivity contribution in [2.75, 3.05) is 0 Å². The molecule has 0 aromatic carbocycles. The number of rotatable bonds is 4. The predicted octanol–water partition coefficient (Wildman–Crippen LogP) is 5.13. The number of hydrogen-bond donors (Lipinski definition) is 1. The highest BCUT2D eigenvalue weighted by Crippen LogP contribution is 2.37. The van der Waals surface area contributed by atoms with Gasteiger partial charge in [-0.25, -0.2) is 4.98 Å². The van der Waals surface area contributed by atoms with Gasteiger partial charge in [0.05, 0.1) is 16.0 Å². The van der Waals surface area contributed by atoms with E-state index in [1.165, 1.54) is 28.6 Å². The summed E-state index contributed by atoms with van der Waals surface area (Å²) in [5.74, 6) is 2.40. The number of thioether (sulfide) groups is 1. The largest absolute Gasteiger partial charge is 0.410 e. The first-order valence-corrected chi connectivity index (χ1v) is 12.2. The van der Waals surface area contributed by atoms with Gasteiger partial charge in [0.25, 0.3) is 16.7 Å². The molecule has 0 fully saturated rings. The highest BCUT2D eigenvalue weighted by Gasteiger charge is 2.21. The monoisotopic (exact) mass is 444 g/mol. The minimum Gasteiger partial charge on any atom is -0.410 e. The third kappa shape index (κ3) is 3.55. The number of H-pyrrole nitrogens is 1. The summed E-state index contributed by atoms with van der Waals surface area (Å²) in [4.78, 5) is 24.3. The topological polar surface area (TPSA) is 84.7 Å². The molecule has 29 heavy (non-hydrogen) atoms. The molecule has 1 atom stereocenters. The van der Waals surface area contributed by atoms with E-state index in [1.54, 1.807) is 22.7 Å². The number of thiophene rings is 2. The van der Waals surface area contributed by atoms with Crippen molar-refractivity contribution < 1.29 is 4.42 Å². The molecule has 4 aromatic heterocycles. The van der Waals surface area contributed by atoms with Crippen molar-refractivity contribution in [2.24, 2.45) is 5.92 Å². The van der Waals surface area contributed by atoms with Gasteiger partial charge in [-0.15, -0.1) is 32.9 Å². The van der Waals surface area contributed by atoms with Gasteiger partial charge in [-0.1, -0.05) is 18.7 Å². The van der Waals surface area contributed by atoms with Crippen LogP contribution in [0.2, 0.25) is 0 Å². The Morgan fingerprint density at radius 2 is 2.17 bits per heavy atom. The minimum atomic E-state index is -0.0861. The molecule has 9 heteroatoms. The fourth-order valence-corrected chi connectivity index (χ4v) is 6.49. The molecule has 0 amide bonds. The third-order valence-electron chi connectivity index (χ3n) is 5.37. The Morgan fingerprint density at radius 3 is 3.03 bits per heavy atom. The van der Waals surface area contributed by atoms with Crippen LogP contribution in [-0.2, 0) is 18.6 Å². The summed E-state index contributed by atoms with van der Waals surface area (Å²) in [7, 11) is 0. The SMILES string of the molecule is Cc1sc2nc(CSc3nnc(-c4cc5c(s4)CCC(C)C5)o3)[nH]c(=O)c2c1C. The number of nitrogens with zero attached hydrogens (tertiary/aromatic N) is 3. The van der Waals surface area contributed by atoms with Gasteiger partial charge in [0.15, 0.2) is 0 Å². The van der Waals surface area contributed by atoms with Crippen LogP contribution in [0.1, 0.15) is 40.1 Å². The van der Waals surface area contributed by atoms with Gasteiger partial charge in [-0.05, 0) is 56.2 Å². The van der Waals surface area contributed by atoms with Gasteiger partial charge >= 0.3 is 0 Å². The van der Waals surface area contributed by atoms with Crippen LogP contribution in [0.25, 0.3) is 21.0 Å². The fraction of sp³-hybridized carbons (Fsp3) is 0.400. The summed E-state index contributed by atoms with van der Waals surface area (Å²) in [6, 6.07) is 2.20. The summed E-state index contributed by atoms with van der Waals surface area (Å²) in [5, 5.41) is 9.57. The number of aromatic amines is 1. The molecule has 6 nitrogen and oxygen atoms in total. The maximum atomic E-state index is 12.4. The lowest BCUT2D eigenvalue weighted by atomic mass is 9.90. The van der Waals surface area contributed by atoms with E-state index in [1.807, 2.05) is 13.8 Å². The maximum absolute atomic E-state index is 12.4. The molecule has 1 aliphatic carbocycles. The minimum absolute atomic E-state index is 0.0861. The number of fused-ring (bicyclic) bond motifs is 2. The second-order valence-corrected chi connectivity index (χ2v) is 10.8. The Balaban J connectivity index is 1.33. The zero-order chi connectivity index (χ0) is 20.1. The molecule has 4 heterocycles. The first kappa shape index (κ1) is 19.0. The van der Waals surface area contributed by atoms with Crippen LogP contribution in [-0.4, -0.2) is 20.2 Å². The Kier molecular flexibility index (Phi) is 4.84. The fourth-order valence-electron chi connectivity index (χ4n) is 3.68. The normalized spacial score (nSPS) is 16.4. The van der Waals surface area contributed by atoms with Gasteiger partial charge in [-0.2, -0.15) is 0 Å². The van der Waals surface area contributed by atoms with Gasteiger partial charge < -0.3 is 9.40 Å². The van der Waals surface area contributed by atoms with Crippen LogP contribution >= 0.6 is 34.4 Å². The summed E-state index contributed by atoms with van der Waals surface area (Å²) in [6.45, 7) is 6.28. The number of hydrogen-bond acceptors (Lipinski definition) is 8. The molecule has 5 rings (SSSR count). The van der Waals surface area contributed by atoms with Crippen molar-refractivity contribution in [3.05, 3.63) is 43.1 Å². The average molecular weight is 445 g/mol. The zero-order valence-electron chi connectivity index (χ0n) is 16.4. The molecule has 0 saturated heterocycles. The summed E-state index contributed by atoms with van der Waals surface area (Å²) >= 11 is 4.70. The predicted molar refractivity (Wildman–Crippen MR) is 118 cm³/mol. The first-order valence-electron chi connectivity index (χ1n) is 9.55. The Bertz CT molecular complexity index is 1270. The van der Waals surface area contributed by atoms with Crippen molar-refractivity contribution >= 4 is 44.7 Å². The number of aryl methyl sites for hydroxylation is 3. The lowest BCUT2D eigenvalue weighted by molar-refractivity contribution is 0.466. The van der Waals surface area contributed by atoms with Crippen molar-refractivity contribution in [1.29, 1.82) is 0 Å². The molecule has 1 unspecified atom stereocenters. The molecule has 1 N–H and O–H groups in total. The molecule has 0 spiro atoms. The molecule has 0 saturated carbocycles. The van der Waals surface area contributed by atoms with Crippen LogP contribution in [0.5, 0.6) is 0 Å². The van der Waals surface area contributed by atoms with Crippen LogP contribution in [0.4, 0.5) is 0 Å². The van der Waals surface area contributed by atoms with Crippen molar-refractivity contribution in [3.8, 4) is 10.8 Å². The molecule has 0 aliphatic heterocycles. The van der Waals surface area contributed by atoms with Crippen LogP contribution in [0.3, 0.4) is 0 Å². The van der Waals surface area contributed by atoms with Crippen molar-refractivity contribution in [3.63, 3.8) is 0 Å². The molecule has 4 aromatic rings. The van der Waals surface area contributed by atoms with E-state index in [0.29, 0.717) is 28.1 Å². The second-order valence-electron chi connectivity index (χ2n) is 7.54. The van der Waals surface area contributed by atoms with Crippen LogP contribution in [0.15, 0.2) is 20.5 Å². The van der Waals surface area contributed by atoms with E-state index in [0.717, 1.165) is 38.9 Å². The van der Waals surface area contributed by atoms with Crippen LogP contribution in [0, 0.1) is 19.8 Å². The summed E-state index contributed by atoms with van der Waals surface area (Å²) < 4.78 is 5.87. The molecular formula is C20H20N4O2S3. The average Bonchev–Trinajstić information content (AvgIpc) is 3.37. The first-order chi connectivity index (χ1) is 14.0. The molecular weight excluding hydrogens is 424 g/mol. The maximum Gasteiger partial charge on any atom is 0.277 e. The zero-order valence-corrected chi connectivity index (χ0v) is 18.8. The quantitative estimate of drug-likeness (QED) is 0.439. The Morgan fingerprint density at radius 1 is 1.31 bits per heavy atom. The van der Waals surface area contributed by atoms with Gasteiger partial charge in [0, 0.05) is 9.75 Å². The second kappa shape index (κ2) is 7.37. The molecule has 0 radical (unpaired) electrons. The van der Waals surface area contributed by atoms with Gasteiger partial charge in [0.1, 0.15) is 10.7 Å². The Labute approximate surface area is 179 Å². The van der Waals surface area contributed by atoms with Gasteiger partial charge in [0.2, 0.25) is 0 Å². The molecule has 1 aliphatic rings. The van der Waals surface area contributed by atoms with Crippen molar-refractivity contribution in [1.82, 2.24) is 20.2 Å². The van der Waals surface area contributed by atoms with Crippen molar-refractivity contribution in [2.45, 2.75) is 51.0 Å². The Hall–Kier alpha value is -1.97. The van der Waals surface area contributed by atoms with E-state index >= 15 is 0 Å². The van der Waals surface area contributed by atoms with E-state index in [9.17, 15) is 4.79 Å². The summed E-state index contributed by atoms with van der Waals surface area (Å²) in [6.07, 6.45) is 3.52. The molecule has 150 valence electrons. The highest BCUT2D eigenvalue weighted by molar-refractivity contribution is 7.98. The van der Waals surface area contributed by atoms with E-state index in [-0.39, 0.29) is 5.56 Å². The lowest BCUT2D eigenvalue weighted by Crippen LogP contribution is -2.10.